The summed E-state index contributed by atoms with van der Waals surface area (Å²) >= 11 is 0. The summed E-state index contributed by atoms with van der Waals surface area (Å²) in [5, 5.41) is 9.24. The number of carboxylic acids is 1. The average Bonchev–Trinajstić information content (AvgIpc) is 2.36. The van der Waals surface area contributed by atoms with Gasteiger partial charge in [-0.3, -0.25) is 4.79 Å². The monoisotopic (exact) mass is 268 g/mol. The first kappa shape index (κ1) is 15.6. The lowest BCUT2D eigenvalue weighted by Gasteiger charge is -2.24. The Balaban J connectivity index is 2.63. The van der Waals surface area contributed by atoms with Crippen molar-refractivity contribution in [2.75, 3.05) is 7.11 Å². The molecule has 1 aromatic carbocycles. The summed E-state index contributed by atoms with van der Waals surface area (Å²) in [6.45, 7) is 3.87. The number of halogens is 1. The van der Waals surface area contributed by atoms with E-state index in [0.717, 1.165) is 5.56 Å². The number of hydrogen-bond donors (Lipinski definition) is 1. The Morgan fingerprint density at radius 3 is 2.42 bits per heavy atom. The smallest absolute Gasteiger partial charge is 0.306 e. The SMILES string of the molecule is COC(C)(C)CCC(Cc1ccc(F)cc1)C(=O)O. The van der Waals surface area contributed by atoms with E-state index in [1.54, 1.807) is 19.2 Å². The first-order valence-electron chi connectivity index (χ1n) is 6.36. The number of carbonyl (C=O) groups is 1. The van der Waals surface area contributed by atoms with E-state index in [9.17, 15) is 14.3 Å². The van der Waals surface area contributed by atoms with E-state index in [0.29, 0.717) is 19.3 Å². The van der Waals surface area contributed by atoms with Crippen LogP contribution in [0.15, 0.2) is 24.3 Å². The van der Waals surface area contributed by atoms with Crippen LogP contribution >= 0.6 is 0 Å². The predicted octanol–water partition coefficient (Wildman–Crippen LogP) is 3.27. The summed E-state index contributed by atoms with van der Waals surface area (Å²) < 4.78 is 18.1. The minimum absolute atomic E-state index is 0.309. The Bertz CT molecular complexity index is 412. The number of benzene rings is 1. The summed E-state index contributed by atoms with van der Waals surface area (Å²) in [4.78, 5) is 11.3. The highest BCUT2D eigenvalue weighted by Crippen LogP contribution is 2.22. The van der Waals surface area contributed by atoms with Crippen LogP contribution in [0, 0.1) is 11.7 Å². The van der Waals surface area contributed by atoms with Crippen molar-refractivity contribution in [1.29, 1.82) is 0 Å². The molecule has 0 amide bonds. The van der Waals surface area contributed by atoms with E-state index in [4.69, 9.17) is 4.74 Å². The van der Waals surface area contributed by atoms with E-state index in [2.05, 4.69) is 0 Å². The van der Waals surface area contributed by atoms with Gasteiger partial charge in [-0.25, -0.2) is 4.39 Å². The van der Waals surface area contributed by atoms with Crippen molar-refractivity contribution in [2.45, 2.75) is 38.7 Å². The molecule has 0 saturated carbocycles. The molecule has 3 nitrogen and oxygen atoms in total. The minimum atomic E-state index is -0.823. The molecule has 0 spiro atoms. The lowest BCUT2D eigenvalue weighted by molar-refractivity contribution is -0.142. The van der Waals surface area contributed by atoms with Crippen LogP contribution in [0.4, 0.5) is 4.39 Å². The molecule has 0 bridgehead atoms. The zero-order valence-electron chi connectivity index (χ0n) is 11.6. The highest BCUT2D eigenvalue weighted by atomic mass is 19.1. The fourth-order valence-corrected chi connectivity index (χ4v) is 1.84. The Morgan fingerprint density at radius 1 is 1.37 bits per heavy atom. The van der Waals surface area contributed by atoms with Crippen LogP contribution in [0.2, 0.25) is 0 Å². The van der Waals surface area contributed by atoms with Gasteiger partial charge in [-0.2, -0.15) is 0 Å². The predicted molar refractivity (Wildman–Crippen MR) is 71.6 cm³/mol. The molecule has 0 aliphatic heterocycles. The van der Waals surface area contributed by atoms with Gasteiger partial charge in [0.25, 0.3) is 0 Å². The van der Waals surface area contributed by atoms with Gasteiger partial charge in [-0.1, -0.05) is 12.1 Å². The second-order valence-corrected chi connectivity index (χ2v) is 5.37. The number of hydrogen-bond acceptors (Lipinski definition) is 2. The van der Waals surface area contributed by atoms with Crippen LogP contribution < -0.4 is 0 Å². The van der Waals surface area contributed by atoms with Crippen molar-refractivity contribution in [1.82, 2.24) is 0 Å². The maximum absolute atomic E-state index is 12.8. The van der Waals surface area contributed by atoms with Gasteiger partial charge in [0.1, 0.15) is 5.82 Å². The molecule has 0 aliphatic carbocycles. The van der Waals surface area contributed by atoms with Gasteiger partial charge < -0.3 is 9.84 Å². The van der Waals surface area contributed by atoms with Crippen molar-refractivity contribution in [3.8, 4) is 0 Å². The second kappa shape index (κ2) is 6.66. The van der Waals surface area contributed by atoms with E-state index in [1.807, 2.05) is 13.8 Å². The van der Waals surface area contributed by atoms with Crippen molar-refractivity contribution in [3.63, 3.8) is 0 Å². The van der Waals surface area contributed by atoms with Crippen LogP contribution in [0.25, 0.3) is 0 Å². The maximum atomic E-state index is 12.8. The molecular formula is C15H21FO3. The quantitative estimate of drug-likeness (QED) is 0.825. The zero-order valence-corrected chi connectivity index (χ0v) is 11.6. The lowest BCUT2D eigenvalue weighted by atomic mass is 9.90. The summed E-state index contributed by atoms with van der Waals surface area (Å²) in [7, 11) is 1.62. The molecule has 0 aromatic heterocycles. The van der Waals surface area contributed by atoms with Gasteiger partial charge in [0, 0.05) is 7.11 Å². The van der Waals surface area contributed by atoms with Crippen molar-refractivity contribution < 1.29 is 19.0 Å². The third-order valence-corrected chi connectivity index (χ3v) is 3.39. The number of methoxy groups -OCH3 is 1. The van der Waals surface area contributed by atoms with Gasteiger partial charge in [0.05, 0.1) is 11.5 Å². The molecule has 1 atom stereocenters. The van der Waals surface area contributed by atoms with Crippen LogP contribution in [-0.4, -0.2) is 23.8 Å². The van der Waals surface area contributed by atoms with Crippen molar-refractivity contribution in [3.05, 3.63) is 35.6 Å². The Hall–Kier alpha value is -1.42. The average molecular weight is 268 g/mol. The standard InChI is InChI=1S/C15H21FO3/c1-15(2,19-3)9-8-12(14(17)18)10-11-4-6-13(16)7-5-11/h4-7,12H,8-10H2,1-3H3,(H,17,18). The van der Waals surface area contributed by atoms with Gasteiger partial charge in [0.15, 0.2) is 0 Å². The van der Waals surface area contributed by atoms with Gasteiger partial charge >= 0.3 is 5.97 Å². The number of ether oxygens (including phenoxy) is 1. The topological polar surface area (TPSA) is 46.5 Å². The largest absolute Gasteiger partial charge is 0.481 e. The van der Waals surface area contributed by atoms with Crippen LogP contribution in [0.5, 0.6) is 0 Å². The third kappa shape index (κ3) is 5.39. The summed E-state index contributed by atoms with van der Waals surface area (Å²) in [5.74, 6) is -1.60. The first-order valence-corrected chi connectivity index (χ1v) is 6.36. The highest BCUT2D eigenvalue weighted by Gasteiger charge is 2.23. The first-order chi connectivity index (χ1) is 8.84. The normalized spacial score (nSPS) is 13.3. The highest BCUT2D eigenvalue weighted by molar-refractivity contribution is 5.70. The molecule has 1 rings (SSSR count). The Kier molecular flexibility index (Phi) is 5.48. The maximum Gasteiger partial charge on any atom is 0.306 e. The van der Waals surface area contributed by atoms with E-state index >= 15 is 0 Å². The molecule has 1 unspecified atom stereocenters. The van der Waals surface area contributed by atoms with E-state index < -0.39 is 11.9 Å². The summed E-state index contributed by atoms with van der Waals surface area (Å²) in [6, 6.07) is 5.97. The molecule has 1 N–H and O–H groups in total. The third-order valence-electron chi connectivity index (χ3n) is 3.39. The van der Waals surface area contributed by atoms with Gasteiger partial charge in [-0.15, -0.1) is 0 Å². The fraction of sp³-hybridized carbons (Fsp3) is 0.533. The van der Waals surface area contributed by atoms with Crippen LogP contribution in [-0.2, 0) is 16.0 Å². The second-order valence-electron chi connectivity index (χ2n) is 5.37. The van der Waals surface area contributed by atoms with Gasteiger partial charge in [-0.05, 0) is 50.8 Å². The Morgan fingerprint density at radius 2 is 1.95 bits per heavy atom. The molecule has 19 heavy (non-hydrogen) atoms. The van der Waals surface area contributed by atoms with Crippen LogP contribution in [0.3, 0.4) is 0 Å². The Labute approximate surface area is 113 Å². The lowest BCUT2D eigenvalue weighted by Crippen LogP contribution is -2.26. The molecular weight excluding hydrogens is 247 g/mol. The minimum Gasteiger partial charge on any atom is -0.481 e. The molecule has 0 radical (unpaired) electrons. The molecule has 0 heterocycles. The molecule has 4 heteroatoms. The van der Waals surface area contributed by atoms with Crippen LogP contribution in [0.1, 0.15) is 32.3 Å². The molecule has 0 fully saturated rings. The zero-order chi connectivity index (χ0) is 14.5. The number of rotatable bonds is 7. The molecule has 106 valence electrons. The number of carboxylic acid groups (broad SMARTS) is 1. The fourth-order valence-electron chi connectivity index (χ4n) is 1.84. The van der Waals surface area contributed by atoms with Crippen molar-refractivity contribution >= 4 is 5.97 Å². The van der Waals surface area contributed by atoms with Gasteiger partial charge in [0.2, 0.25) is 0 Å². The molecule has 1 aromatic rings. The van der Waals surface area contributed by atoms with Crippen molar-refractivity contribution in [2.24, 2.45) is 5.92 Å². The molecule has 0 aliphatic rings. The van der Waals surface area contributed by atoms with E-state index in [-0.39, 0.29) is 11.4 Å². The number of aliphatic carboxylic acids is 1. The summed E-state index contributed by atoms with van der Waals surface area (Å²) in [6.07, 6.45) is 1.62. The van der Waals surface area contributed by atoms with E-state index in [1.165, 1.54) is 12.1 Å². The molecule has 0 saturated heterocycles. The summed E-state index contributed by atoms with van der Waals surface area (Å²) in [5.41, 5.74) is 0.514.